The number of hydrogen-bond donors (Lipinski definition) is 1. The summed E-state index contributed by atoms with van der Waals surface area (Å²) in [7, 11) is 2.03. The molecular weight excluding hydrogens is 392 g/mol. The molecule has 3 heterocycles. The van der Waals surface area contributed by atoms with Gasteiger partial charge in [0, 0.05) is 23.4 Å². The predicted molar refractivity (Wildman–Crippen MR) is 109 cm³/mol. The lowest BCUT2D eigenvalue weighted by atomic mass is 9.66. The number of ether oxygens (including phenoxy) is 2. The Hall–Kier alpha value is -1.93. The molecule has 1 aromatic rings. The van der Waals surface area contributed by atoms with Crippen molar-refractivity contribution in [2.45, 2.75) is 59.1 Å². The molecule has 4 rings (SSSR count). The Morgan fingerprint density at radius 3 is 2.59 bits per heavy atom. The molecule has 8 heteroatoms. The van der Waals surface area contributed by atoms with Gasteiger partial charge in [-0.1, -0.05) is 13.8 Å². The van der Waals surface area contributed by atoms with Gasteiger partial charge in [0.15, 0.2) is 5.60 Å². The Bertz CT molecular complexity index is 907. The standard InChI is InChI=1S/C21H28N2O5S/c1-6-27-16(24)14-12-7-10-23(5)11-13(12)29-15(14)22-17(25)21-9-8-20(4,18(26)28-21)19(21,2)3/h6-11H2,1-5H3,(H,22,25)/t20-,21-/m0/s1. The van der Waals surface area contributed by atoms with Crippen molar-refractivity contribution < 1.29 is 23.9 Å². The van der Waals surface area contributed by atoms with E-state index in [2.05, 4.69) is 10.2 Å². The molecule has 2 fully saturated rings. The highest BCUT2D eigenvalue weighted by Crippen LogP contribution is 2.65. The summed E-state index contributed by atoms with van der Waals surface area (Å²) in [6.07, 6.45) is 1.83. The van der Waals surface area contributed by atoms with Crippen LogP contribution in [-0.2, 0) is 32.0 Å². The number of carbonyl (C=O) groups excluding carboxylic acids is 3. The Balaban J connectivity index is 1.71. The number of carbonyl (C=O) groups is 3. The number of fused-ring (bicyclic) bond motifs is 3. The minimum Gasteiger partial charge on any atom is -0.462 e. The summed E-state index contributed by atoms with van der Waals surface area (Å²) < 4.78 is 11.0. The molecule has 1 aromatic heterocycles. The molecule has 2 bridgehead atoms. The van der Waals surface area contributed by atoms with Crippen molar-refractivity contribution in [2.75, 3.05) is 25.5 Å². The number of thiophene rings is 1. The number of nitrogens with zero attached hydrogens (tertiary/aromatic N) is 1. The monoisotopic (exact) mass is 420 g/mol. The molecule has 1 amide bonds. The summed E-state index contributed by atoms with van der Waals surface area (Å²) in [4.78, 5) is 41.9. The van der Waals surface area contributed by atoms with E-state index in [1.54, 1.807) is 6.92 Å². The molecule has 1 saturated heterocycles. The van der Waals surface area contributed by atoms with Crippen LogP contribution in [0.1, 0.15) is 61.3 Å². The molecule has 0 aromatic carbocycles. The second kappa shape index (κ2) is 6.54. The summed E-state index contributed by atoms with van der Waals surface area (Å²) in [5.74, 6) is -1.09. The fraction of sp³-hybridized carbons (Fsp3) is 0.667. The van der Waals surface area contributed by atoms with Gasteiger partial charge >= 0.3 is 11.9 Å². The number of likely N-dealkylation sites (N-methyl/N-ethyl adjacent to an activating group) is 1. The molecule has 2 aliphatic heterocycles. The number of esters is 2. The summed E-state index contributed by atoms with van der Waals surface area (Å²) in [6, 6.07) is 0. The maximum Gasteiger partial charge on any atom is 0.341 e. The zero-order valence-corrected chi connectivity index (χ0v) is 18.5. The minimum atomic E-state index is -1.22. The third-order valence-electron chi connectivity index (χ3n) is 7.40. The first-order valence-electron chi connectivity index (χ1n) is 10.1. The molecular formula is C21H28N2O5S. The summed E-state index contributed by atoms with van der Waals surface area (Å²) in [5, 5.41) is 3.45. The van der Waals surface area contributed by atoms with Crippen molar-refractivity contribution in [3.05, 3.63) is 16.0 Å². The van der Waals surface area contributed by atoms with Gasteiger partial charge in [0.05, 0.1) is 17.6 Å². The van der Waals surface area contributed by atoms with Crippen LogP contribution in [0.4, 0.5) is 5.00 Å². The van der Waals surface area contributed by atoms with Crippen LogP contribution in [0.15, 0.2) is 0 Å². The highest BCUT2D eigenvalue weighted by Gasteiger charge is 2.75. The van der Waals surface area contributed by atoms with Crippen molar-refractivity contribution in [2.24, 2.45) is 10.8 Å². The lowest BCUT2D eigenvalue weighted by Crippen LogP contribution is -2.50. The summed E-state index contributed by atoms with van der Waals surface area (Å²) >= 11 is 1.41. The van der Waals surface area contributed by atoms with Crippen LogP contribution in [0.25, 0.3) is 0 Å². The Labute approximate surface area is 174 Å². The first-order chi connectivity index (χ1) is 13.6. The number of rotatable bonds is 4. The normalized spacial score (nSPS) is 30.0. The van der Waals surface area contributed by atoms with Crippen LogP contribution in [0.2, 0.25) is 0 Å². The SMILES string of the molecule is CCOC(=O)c1c(NC(=O)[C@]23CC[C@@](C)(C(=O)O2)C3(C)C)sc2c1CCN(C)C2. The quantitative estimate of drug-likeness (QED) is 0.754. The van der Waals surface area contributed by atoms with Gasteiger partial charge in [-0.05, 0) is 45.7 Å². The number of anilines is 1. The van der Waals surface area contributed by atoms with E-state index in [0.29, 0.717) is 23.4 Å². The maximum absolute atomic E-state index is 13.5. The summed E-state index contributed by atoms with van der Waals surface area (Å²) in [6.45, 7) is 9.32. The van der Waals surface area contributed by atoms with E-state index in [9.17, 15) is 14.4 Å². The molecule has 1 N–H and O–H groups in total. The van der Waals surface area contributed by atoms with E-state index in [1.807, 2.05) is 27.8 Å². The van der Waals surface area contributed by atoms with Crippen molar-refractivity contribution in [1.29, 1.82) is 0 Å². The Morgan fingerprint density at radius 1 is 1.28 bits per heavy atom. The average Bonchev–Trinajstić information content (AvgIpc) is 3.14. The molecule has 2 atom stereocenters. The van der Waals surface area contributed by atoms with Gasteiger partial charge in [0.25, 0.3) is 5.91 Å². The number of nitrogens with one attached hydrogen (secondary N) is 1. The van der Waals surface area contributed by atoms with Crippen LogP contribution in [0.5, 0.6) is 0 Å². The van der Waals surface area contributed by atoms with Gasteiger partial charge in [0.1, 0.15) is 5.00 Å². The average molecular weight is 421 g/mol. The van der Waals surface area contributed by atoms with Crippen molar-refractivity contribution in [1.82, 2.24) is 4.90 Å². The minimum absolute atomic E-state index is 0.268. The van der Waals surface area contributed by atoms with Crippen LogP contribution in [-0.4, -0.2) is 48.5 Å². The molecule has 158 valence electrons. The lowest BCUT2D eigenvalue weighted by molar-refractivity contribution is -0.165. The van der Waals surface area contributed by atoms with Crippen molar-refractivity contribution in [3.8, 4) is 0 Å². The lowest BCUT2D eigenvalue weighted by Gasteiger charge is -2.35. The van der Waals surface area contributed by atoms with Crippen LogP contribution >= 0.6 is 11.3 Å². The van der Waals surface area contributed by atoms with E-state index < -0.39 is 22.4 Å². The summed E-state index contributed by atoms with van der Waals surface area (Å²) in [5.41, 5.74) is -1.12. The van der Waals surface area contributed by atoms with Gasteiger partial charge in [-0.2, -0.15) is 0 Å². The third-order valence-corrected chi connectivity index (χ3v) is 8.54. The topological polar surface area (TPSA) is 84.9 Å². The largest absolute Gasteiger partial charge is 0.462 e. The molecule has 0 spiro atoms. The second-order valence-corrected chi connectivity index (χ2v) is 10.1. The van der Waals surface area contributed by atoms with Gasteiger partial charge in [-0.15, -0.1) is 11.3 Å². The van der Waals surface area contributed by atoms with Crippen LogP contribution in [0, 0.1) is 10.8 Å². The zero-order chi connectivity index (χ0) is 21.2. The molecule has 0 unspecified atom stereocenters. The van der Waals surface area contributed by atoms with Crippen LogP contribution in [0.3, 0.4) is 0 Å². The highest BCUT2D eigenvalue weighted by molar-refractivity contribution is 7.17. The maximum atomic E-state index is 13.5. The zero-order valence-electron chi connectivity index (χ0n) is 17.6. The molecule has 1 aliphatic carbocycles. The first-order valence-corrected chi connectivity index (χ1v) is 10.9. The fourth-order valence-electron chi connectivity index (χ4n) is 4.99. The molecule has 3 aliphatic rings. The van der Waals surface area contributed by atoms with E-state index in [4.69, 9.17) is 9.47 Å². The fourth-order valence-corrected chi connectivity index (χ4v) is 6.30. The number of amides is 1. The van der Waals surface area contributed by atoms with Crippen molar-refractivity contribution in [3.63, 3.8) is 0 Å². The van der Waals surface area contributed by atoms with E-state index in [1.165, 1.54) is 11.3 Å². The van der Waals surface area contributed by atoms with Crippen LogP contribution < -0.4 is 5.32 Å². The van der Waals surface area contributed by atoms with E-state index >= 15 is 0 Å². The Morgan fingerprint density at radius 2 is 2.00 bits per heavy atom. The van der Waals surface area contributed by atoms with E-state index in [-0.39, 0.29) is 18.5 Å². The highest BCUT2D eigenvalue weighted by atomic mass is 32.1. The van der Waals surface area contributed by atoms with Gasteiger partial charge < -0.3 is 19.7 Å². The second-order valence-electron chi connectivity index (χ2n) is 9.04. The van der Waals surface area contributed by atoms with Gasteiger partial charge in [-0.3, -0.25) is 9.59 Å². The molecule has 7 nitrogen and oxygen atoms in total. The van der Waals surface area contributed by atoms with Gasteiger partial charge in [-0.25, -0.2) is 4.79 Å². The molecule has 29 heavy (non-hydrogen) atoms. The van der Waals surface area contributed by atoms with Crippen molar-refractivity contribution >= 4 is 34.2 Å². The number of hydrogen-bond acceptors (Lipinski definition) is 7. The van der Waals surface area contributed by atoms with E-state index in [0.717, 1.165) is 30.0 Å². The Kier molecular flexibility index (Phi) is 4.59. The molecule has 0 radical (unpaired) electrons. The smallest absolute Gasteiger partial charge is 0.341 e. The first kappa shape index (κ1) is 20.3. The third kappa shape index (κ3) is 2.61. The van der Waals surface area contributed by atoms with Gasteiger partial charge in [0.2, 0.25) is 0 Å². The molecule has 1 saturated carbocycles. The predicted octanol–water partition coefficient (Wildman–Crippen LogP) is 2.97.